The first-order valence-electron chi connectivity index (χ1n) is 20.8. The third-order valence-corrected chi connectivity index (χ3v) is 13.3. The molecule has 58 heavy (non-hydrogen) atoms. The number of aliphatic hydroxyl groups is 1. The van der Waals surface area contributed by atoms with Gasteiger partial charge in [0.05, 0.1) is 21.0 Å². The molecule has 1 radical (unpaired) electrons. The molecule has 0 aliphatic rings. The summed E-state index contributed by atoms with van der Waals surface area (Å²) in [5.74, 6) is 1.63. The average Bonchev–Trinajstić information content (AvgIpc) is 3.65. The number of hydrogen-bond acceptors (Lipinski definition) is 6. The molecule has 3 aromatic carbocycles. The Labute approximate surface area is 370 Å². The fourth-order valence-electron chi connectivity index (χ4n) is 8.45. The molecular formula is C51H65IrN2O2S2-. The fraction of sp³-hybridized carbons (Fsp3) is 0.471. The molecule has 6 rings (SSSR count). The number of benzene rings is 3. The van der Waals surface area contributed by atoms with Gasteiger partial charge in [0.2, 0.25) is 0 Å². The fourth-order valence-corrected chi connectivity index (χ4v) is 11.1. The first-order valence-corrected chi connectivity index (χ1v) is 22.4. The molecule has 1 N–H and O–H groups in total. The van der Waals surface area contributed by atoms with Gasteiger partial charge in [0.15, 0.2) is 5.78 Å². The summed E-state index contributed by atoms with van der Waals surface area (Å²) in [5.41, 5.74) is 7.32. The molecule has 0 saturated carbocycles. The average molecular weight is 994 g/mol. The number of hydrogen-bond donors (Lipinski definition) is 1. The third kappa shape index (κ3) is 10.9. The van der Waals surface area contributed by atoms with Gasteiger partial charge in [-0.3, -0.25) is 9.78 Å². The van der Waals surface area contributed by atoms with Gasteiger partial charge in [0, 0.05) is 65.9 Å². The van der Waals surface area contributed by atoms with Gasteiger partial charge in [0.25, 0.3) is 0 Å². The first kappa shape index (κ1) is 47.5. The Morgan fingerprint density at radius 3 is 2.02 bits per heavy atom. The van der Waals surface area contributed by atoms with Crippen LogP contribution < -0.4 is 0 Å². The van der Waals surface area contributed by atoms with E-state index in [2.05, 4.69) is 165 Å². The van der Waals surface area contributed by atoms with Crippen LogP contribution in [0.4, 0.5) is 0 Å². The standard InChI is InChI=1S/C34H33N2S2.C17H32O2.Ir/c1-20-24-14-15-35-30(23-16-21-10-8-9-11-25(21)26(17-23)34(5,6)7)32(24)38-31(20)22-12-13-27-28(18-22)37-29(36-27)19-33(2,3)4;1-10(2)16(11(3)4)14(18)9-15(19)17(12(5)6)13(7)8;/h8-15,17-18H,19H2,1-7H3;9-13,16-18H,1-8H3;/q-1;;/b;14-9-;. The number of fused-ring (bicyclic) bond motifs is 3. The van der Waals surface area contributed by atoms with E-state index in [0.29, 0.717) is 23.7 Å². The number of aryl methyl sites for hydroxylation is 1. The minimum Gasteiger partial charge on any atom is -0.512 e. The molecule has 0 aliphatic heterocycles. The van der Waals surface area contributed by atoms with Gasteiger partial charge in [-0.25, -0.2) is 4.98 Å². The molecule has 0 saturated heterocycles. The van der Waals surface area contributed by atoms with E-state index in [1.54, 1.807) is 0 Å². The summed E-state index contributed by atoms with van der Waals surface area (Å²) in [6.45, 7) is 32.5. The second-order valence-electron chi connectivity index (χ2n) is 19.5. The van der Waals surface area contributed by atoms with Gasteiger partial charge in [-0.2, -0.15) is 0 Å². The van der Waals surface area contributed by atoms with Crippen LogP contribution in [-0.2, 0) is 36.7 Å². The second kappa shape index (κ2) is 19.0. The van der Waals surface area contributed by atoms with Gasteiger partial charge < -0.3 is 5.11 Å². The van der Waals surface area contributed by atoms with E-state index in [-0.39, 0.29) is 54.3 Å². The molecule has 3 aromatic heterocycles. The summed E-state index contributed by atoms with van der Waals surface area (Å²) in [6.07, 6.45) is 4.43. The number of nitrogens with zero attached hydrogens (tertiary/aromatic N) is 2. The van der Waals surface area contributed by atoms with Crippen LogP contribution in [0.2, 0.25) is 0 Å². The van der Waals surface area contributed by atoms with Gasteiger partial charge in [-0.05, 0) is 76.1 Å². The molecule has 0 amide bonds. The van der Waals surface area contributed by atoms with Crippen molar-refractivity contribution in [2.45, 2.75) is 116 Å². The molecule has 0 spiro atoms. The Kier molecular flexibility index (Phi) is 15.6. The zero-order valence-electron chi connectivity index (χ0n) is 37.4. The normalized spacial score (nSPS) is 12.8. The molecule has 0 aliphatic carbocycles. The summed E-state index contributed by atoms with van der Waals surface area (Å²) in [7, 11) is 0. The Bertz CT molecular complexity index is 2370. The minimum atomic E-state index is -0.0119. The van der Waals surface area contributed by atoms with Crippen molar-refractivity contribution in [2.75, 3.05) is 0 Å². The molecule has 0 bridgehead atoms. The van der Waals surface area contributed by atoms with Crippen LogP contribution in [0.5, 0.6) is 0 Å². The number of ketones is 1. The van der Waals surface area contributed by atoms with Crippen molar-refractivity contribution in [3.63, 3.8) is 0 Å². The van der Waals surface area contributed by atoms with E-state index in [9.17, 15) is 9.90 Å². The van der Waals surface area contributed by atoms with E-state index < -0.39 is 0 Å². The number of thiophene rings is 1. The predicted molar refractivity (Wildman–Crippen MR) is 249 cm³/mol. The quantitative estimate of drug-likeness (QED) is 0.0844. The Hall–Kier alpha value is -3.22. The summed E-state index contributed by atoms with van der Waals surface area (Å²) >= 11 is 3.67. The number of carbonyl (C=O) groups is 1. The maximum absolute atomic E-state index is 12.3. The number of aromatic nitrogens is 2. The van der Waals surface area contributed by atoms with Gasteiger partial charge in [0.1, 0.15) is 0 Å². The molecule has 6 aromatic rings. The molecule has 7 heteroatoms. The van der Waals surface area contributed by atoms with E-state index in [1.807, 2.05) is 28.9 Å². The van der Waals surface area contributed by atoms with Crippen LogP contribution in [0.1, 0.15) is 113 Å². The number of pyridine rings is 1. The largest absolute Gasteiger partial charge is 0.512 e. The number of aliphatic hydroxyl groups excluding tert-OH is 1. The summed E-state index contributed by atoms with van der Waals surface area (Å²) < 4.78 is 2.49. The SMILES string of the molecule is CC(C)C(C(=O)/C=C(\O)C(C(C)C)C(C)C)C(C)C.Cc1c(-c2ccc3nc(CC(C)(C)C)sc3c2)sc2c(-c3[c-]c4ccccc4c(C(C)(C)C)c3)nccc12.[Ir]. The van der Waals surface area contributed by atoms with Crippen molar-refractivity contribution >= 4 is 59.5 Å². The van der Waals surface area contributed by atoms with Crippen LogP contribution in [0.25, 0.3) is 52.8 Å². The topological polar surface area (TPSA) is 63.1 Å². The van der Waals surface area contributed by atoms with Gasteiger partial charge in [-0.1, -0.05) is 132 Å². The zero-order chi connectivity index (χ0) is 42.1. The van der Waals surface area contributed by atoms with Crippen LogP contribution in [0.15, 0.2) is 72.6 Å². The molecule has 4 nitrogen and oxygen atoms in total. The number of thiazole rings is 1. The maximum atomic E-state index is 12.3. The van der Waals surface area contributed by atoms with E-state index in [4.69, 9.17) is 9.97 Å². The van der Waals surface area contributed by atoms with Crippen molar-refractivity contribution in [3.05, 3.63) is 94.8 Å². The number of carbonyl (C=O) groups excluding carboxylic acids is 1. The molecule has 0 atom stereocenters. The van der Waals surface area contributed by atoms with Crippen LogP contribution in [0.3, 0.4) is 0 Å². The summed E-state index contributed by atoms with van der Waals surface area (Å²) in [5, 5.41) is 15.2. The minimum absolute atomic E-state index is 0. The maximum Gasteiger partial charge on any atom is 0.162 e. The van der Waals surface area contributed by atoms with Crippen molar-refractivity contribution in [2.24, 2.45) is 40.9 Å². The monoisotopic (exact) mass is 994 g/mol. The molecule has 313 valence electrons. The first-order chi connectivity index (χ1) is 26.6. The summed E-state index contributed by atoms with van der Waals surface area (Å²) in [4.78, 5) is 23.5. The van der Waals surface area contributed by atoms with E-state index in [1.165, 1.54) is 52.8 Å². The third-order valence-electron chi connectivity index (χ3n) is 10.9. The Balaban J connectivity index is 0.000000319. The Morgan fingerprint density at radius 2 is 1.43 bits per heavy atom. The van der Waals surface area contributed by atoms with Crippen LogP contribution >= 0.6 is 22.7 Å². The van der Waals surface area contributed by atoms with Crippen molar-refractivity contribution < 1.29 is 30.0 Å². The number of rotatable bonds is 10. The van der Waals surface area contributed by atoms with Crippen LogP contribution in [-0.4, -0.2) is 20.9 Å². The van der Waals surface area contributed by atoms with E-state index in [0.717, 1.165) is 28.6 Å². The van der Waals surface area contributed by atoms with Crippen molar-refractivity contribution in [1.29, 1.82) is 0 Å². The predicted octanol–water partition coefficient (Wildman–Crippen LogP) is 15.2. The zero-order valence-corrected chi connectivity index (χ0v) is 41.4. The number of allylic oxidation sites excluding steroid dienone is 2. The molecule has 3 heterocycles. The van der Waals surface area contributed by atoms with E-state index >= 15 is 0 Å². The molecular weight excluding hydrogens is 929 g/mol. The van der Waals surface area contributed by atoms with Crippen LogP contribution in [0, 0.1) is 53.9 Å². The molecule has 0 fully saturated rings. The smallest absolute Gasteiger partial charge is 0.162 e. The second-order valence-corrected chi connectivity index (χ2v) is 21.6. The van der Waals surface area contributed by atoms with Crippen molar-refractivity contribution in [1.82, 2.24) is 9.97 Å². The summed E-state index contributed by atoms with van der Waals surface area (Å²) in [6, 6.07) is 23.5. The van der Waals surface area contributed by atoms with Gasteiger partial charge >= 0.3 is 0 Å². The van der Waals surface area contributed by atoms with Crippen molar-refractivity contribution in [3.8, 4) is 21.7 Å². The Morgan fingerprint density at radius 1 is 0.810 bits per heavy atom. The molecule has 0 unspecified atom stereocenters. The van der Waals surface area contributed by atoms with Gasteiger partial charge in [-0.15, -0.1) is 51.8 Å².